The van der Waals surface area contributed by atoms with Gasteiger partial charge in [-0.05, 0) is 25.0 Å². The number of nitrogens with one attached hydrogen (secondary N) is 1. The molecule has 8 heteroatoms. The van der Waals surface area contributed by atoms with E-state index in [1.165, 1.54) is 0 Å². The average molecular weight is 361 g/mol. The minimum Gasteiger partial charge on any atom is -0.479 e. The molecule has 4 rings (SSSR count). The number of amides is 2. The second kappa shape index (κ2) is 7.59. The Bertz CT molecular complexity index is 651. The molecule has 3 fully saturated rings. The van der Waals surface area contributed by atoms with Gasteiger partial charge >= 0.3 is 0 Å². The van der Waals surface area contributed by atoms with Crippen molar-refractivity contribution in [2.24, 2.45) is 5.92 Å². The molecule has 3 aliphatic heterocycles. The summed E-state index contributed by atoms with van der Waals surface area (Å²) in [6.07, 6.45) is 3.67. The van der Waals surface area contributed by atoms with Gasteiger partial charge in [-0.1, -0.05) is 0 Å². The highest BCUT2D eigenvalue weighted by Crippen LogP contribution is 2.28. The Kier molecular flexibility index (Phi) is 5.03. The average Bonchev–Trinajstić information content (AvgIpc) is 3.20. The Morgan fingerprint density at radius 2 is 1.88 bits per heavy atom. The first-order chi connectivity index (χ1) is 12.7. The first-order valence-corrected chi connectivity index (χ1v) is 9.13. The van der Waals surface area contributed by atoms with Gasteiger partial charge in [0.15, 0.2) is 12.4 Å². The molecule has 1 N–H and O–H groups in total. The molecule has 140 valence electrons. The molecular formula is C18H23N3O5. The van der Waals surface area contributed by atoms with Crippen LogP contribution in [0.1, 0.15) is 25.7 Å². The molecule has 2 amide bonds. The highest BCUT2D eigenvalue weighted by molar-refractivity contribution is 5.99. The summed E-state index contributed by atoms with van der Waals surface area (Å²) in [5.74, 6) is 1.24. The molecule has 0 aromatic carbocycles. The molecule has 3 saturated heterocycles. The van der Waals surface area contributed by atoms with Crippen molar-refractivity contribution in [3.05, 3.63) is 18.3 Å². The number of ether oxygens (including phenoxy) is 3. The van der Waals surface area contributed by atoms with E-state index in [0.29, 0.717) is 37.7 Å². The van der Waals surface area contributed by atoms with Crippen molar-refractivity contribution in [1.29, 1.82) is 0 Å². The number of pyridine rings is 1. The molecule has 3 aliphatic rings. The van der Waals surface area contributed by atoms with Gasteiger partial charge in [0.1, 0.15) is 11.6 Å². The van der Waals surface area contributed by atoms with Crippen LogP contribution in [0.5, 0.6) is 5.75 Å². The Balaban J connectivity index is 1.30. The molecule has 0 bridgehead atoms. The van der Waals surface area contributed by atoms with Crippen molar-refractivity contribution in [3.63, 3.8) is 0 Å². The van der Waals surface area contributed by atoms with Crippen molar-refractivity contribution in [2.75, 3.05) is 31.2 Å². The zero-order chi connectivity index (χ0) is 17.9. The standard InChI is InChI=1S/C18H23N3O5/c22-16-4-2-14(17(23)20-16)26-13-1-3-15(19-11-13)21-7-5-12(6-8-21)18-24-9-10-25-18/h1,3,11-12,14,18H,2,4-10H2,(H,20,22,23). The Labute approximate surface area is 151 Å². The number of carbonyl (C=O) groups is 2. The lowest BCUT2D eigenvalue weighted by molar-refractivity contribution is -0.138. The van der Waals surface area contributed by atoms with E-state index in [1.807, 2.05) is 12.1 Å². The Morgan fingerprint density at radius 1 is 1.12 bits per heavy atom. The lowest BCUT2D eigenvalue weighted by atomic mass is 9.96. The molecule has 1 aromatic heterocycles. The van der Waals surface area contributed by atoms with Crippen molar-refractivity contribution >= 4 is 17.6 Å². The summed E-state index contributed by atoms with van der Waals surface area (Å²) >= 11 is 0. The van der Waals surface area contributed by atoms with Crippen molar-refractivity contribution in [1.82, 2.24) is 10.3 Å². The van der Waals surface area contributed by atoms with E-state index in [0.717, 1.165) is 31.7 Å². The molecule has 1 aromatic rings. The van der Waals surface area contributed by atoms with E-state index in [1.54, 1.807) is 6.20 Å². The number of anilines is 1. The third-order valence-corrected chi connectivity index (χ3v) is 5.08. The molecular weight excluding hydrogens is 338 g/mol. The number of rotatable bonds is 4. The number of hydrogen-bond acceptors (Lipinski definition) is 7. The highest BCUT2D eigenvalue weighted by Gasteiger charge is 2.31. The molecule has 0 saturated carbocycles. The molecule has 1 atom stereocenters. The zero-order valence-corrected chi connectivity index (χ0v) is 14.6. The topological polar surface area (TPSA) is 90.0 Å². The van der Waals surface area contributed by atoms with Gasteiger partial charge in [0.2, 0.25) is 5.91 Å². The molecule has 1 unspecified atom stereocenters. The summed E-state index contributed by atoms with van der Waals surface area (Å²) < 4.78 is 16.9. The molecule has 0 radical (unpaired) electrons. The minimum atomic E-state index is -0.637. The van der Waals surface area contributed by atoms with Gasteiger partial charge in [0.25, 0.3) is 5.91 Å². The molecule has 26 heavy (non-hydrogen) atoms. The molecule has 8 nitrogen and oxygen atoms in total. The van der Waals surface area contributed by atoms with Crippen molar-refractivity contribution in [3.8, 4) is 5.75 Å². The van der Waals surface area contributed by atoms with Crippen LogP contribution in [0.25, 0.3) is 0 Å². The second-order valence-corrected chi connectivity index (χ2v) is 6.84. The summed E-state index contributed by atoms with van der Waals surface area (Å²) in [7, 11) is 0. The Hall–Kier alpha value is -2.19. The van der Waals surface area contributed by atoms with Gasteiger partial charge < -0.3 is 19.1 Å². The van der Waals surface area contributed by atoms with E-state index in [9.17, 15) is 9.59 Å². The number of hydrogen-bond donors (Lipinski definition) is 1. The normalized spacial score (nSPS) is 25.4. The summed E-state index contributed by atoms with van der Waals surface area (Å²) in [4.78, 5) is 29.6. The number of carbonyl (C=O) groups excluding carboxylic acids is 2. The van der Waals surface area contributed by atoms with Crippen LogP contribution in [0.4, 0.5) is 5.82 Å². The summed E-state index contributed by atoms with van der Waals surface area (Å²) in [5.41, 5.74) is 0. The van der Waals surface area contributed by atoms with Gasteiger partial charge in [-0.2, -0.15) is 0 Å². The smallest absolute Gasteiger partial charge is 0.267 e. The molecule has 4 heterocycles. The van der Waals surface area contributed by atoms with Crippen LogP contribution in [0.3, 0.4) is 0 Å². The van der Waals surface area contributed by atoms with Crippen LogP contribution in [0, 0.1) is 5.92 Å². The fourth-order valence-electron chi connectivity index (χ4n) is 3.63. The molecule has 0 aliphatic carbocycles. The predicted octanol–water partition coefficient (Wildman–Crippen LogP) is 0.855. The highest BCUT2D eigenvalue weighted by atomic mass is 16.7. The maximum Gasteiger partial charge on any atom is 0.267 e. The van der Waals surface area contributed by atoms with E-state index in [-0.39, 0.29) is 18.1 Å². The predicted molar refractivity (Wildman–Crippen MR) is 91.7 cm³/mol. The molecule has 0 spiro atoms. The maximum atomic E-state index is 11.8. The summed E-state index contributed by atoms with van der Waals surface area (Å²) in [6, 6.07) is 3.73. The summed E-state index contributed by atoms with van der Waals surface area (Å²) in [5, 5.41) is 2.29. The van der Waals surface area contributed by atoms with E-state index in [2.05, 4.69) is 15.2 Å². The Morgan fingerprint density at radius 3 is 2.54 bits per heavy atom. The number of aromatic nitrogens is 1. The minimum absolute atomic E-state index is 0.0468. The van der Waals surface area contributed by atoms with Crippen LogP contribution in [-0.4, -0.2) is 55.5 Å². The number of nitrogens with zero attached hydrogens (tertiary/aromatic N) is 2. The first-order valence-electron chi connectivity index (χ1n) is 9.13. The lowest BCUT2D eigenvalue weighted by Gasteiger charge is -2.34. The largest absolute Gasteiger partial charge is 0.479 e. The van der Waals surface area contributed by atoms with Crippen molar-refractivity contribution in [2.45, 2.75) is 38.1 Å². The fraction of sp³-hybridized carbons (Fsp3) is 0.611. The number of imide groups is 1. The third kappa shape index (κ3) is 3.81. The van der Waals surface area contributed by atoms with E-state index >= 15 is 0 Å². The fourth-order valence-corrected chi connectivity index (χ4v) is 3.63. The maximum absolute atomic E-state index is 11.8. The SMILES string of the molecule is O=C1CCC(Oc2ccc(N3CCC(C4OCCO4)CC3)nc2)C(=O)N1. The van der Waals surface area contributed by atoms with Crippen molar-refractivity contribution < 1.29 is 23.8 Å². The quantitative estimate of drug-likeness (QED) is 0.795. The van der Waals surface area contributed by atoms with Gasteiger partial charge in [0.05, 0.1) is 19.4 Å². The van der Waals surface area contributed by atoms with Crippen LogP contribution >= 0.6 is 0 Å². The van der Waals surface area contributed by atoms with Gasteiger partial charge in [-0.25, -0.2) is 4.98 Å². The summed E-state index contributed by atoms with van der Waals surface area (Å²) in [6.45, 7) is 3.21. The number of piperidine rings is 2. The second-order valence-electron chi connectivity index (χ2n) is 6.84. The zero-order valence-electron chi connectivity index (χ0n) is 14.6. The lowest BCUT2D eigenvalue weighted by Crippen LogP contribution is -2.46. The van der Waals surface area contributed by atoms with Crippen LogP contribution in [0.15, 0.2) is 18.3 Å². The third-order valence-electron chi connectivity index (χ3n) is 5.08. The van der Waals surface area contributed by atoms with Crippen LogP contribution < -0.4 is 15.0 Å². The van der Waals surface area contributed by atoms with Gasteiger partial charge in [0, 0.05) is 31.8 Å². The first kappa shape index (κ1) is 17.2. The van der Waals surface area contributed by atoms with Crippen LogP contribution in [0.2, 0.25) is 0 Å². The monoisotopic (exact) mass is 361 g/mol. The van der Waals surface area contributed by atoms with Crippen LogP contribution in [-0.2, 0) is 19.1 Å². The van der Waals surface area contributed by atoms with Gasteiger partial charge in [-0.15, -0.1) is 0 Å². The van der Waals surface area contributed by atoms with E-state index in [4.69, 9.17) is 14.2 Å². The van der Waals surface area contributed by atoms with E-state index < -0.39 is 6.10 Å². The van der Waals surface area contributed by atoms with Gasteiger partial charge in [-0.3, -0.25) is 14.9 Å².